The van der Waals surface area contributed by atoms with Gasteiger partial charge in [0, 0.05) is 22.0 Å². The van der Waals surface area contributed by atoms with Crippen molar-refractivity contribution in [1.82, 2.24) is 0 Å². The lowest BCUT2D eigenvalue weighted by Crippen LogP contribution is -2.47. The summed E-state index contributed by atoms with van der Waals surface area (Å²) in [5.41, 5.74) is -0.313. The Morgan fingerprint density at radius 3 is 1.91 bits per heavy atom. The summed E-state index contributed by atoms with van der Waals surface area (Å²) in [6.07, 6.45) is 0. The van der Waals surface area contributed by atoms with Crippen LogP contribution in [0.5, 0.6) is 0 Å². The summed E-state index contributed by atoms with van der Waals surface area (Å²) in [5.74, 6) is -1.44. The van der Waals surface area contributed by atoms with Gasteiger partial charge in [0.2, 0.25) is 6.54 Å². The zero-order chi connectivity index (χ0) is 16.6. The molecule has 1 aliphatic rings. The molecule has 5 nitrogen and oxygen atoms in total. The number of ketones is 2. The Kier molecular flexibility index (Phi) is 3.56. The van der Waals surface area contributed by atoms with Crippen LogP contribution in [0.2, 0.25) is 0 Å². The Morgan fingerprint density at radius 2 is 1.43 bits per heavy atom. The number of hydrogen-bond donors (Lipinski definition) is 0. The van der Waals surface area contributed by atoms with Crippen LogP contribution in [-0.2, 0) is 5.41 Å². The van der Waals surface area contributed by atoms with E-state index in [0.717, 1.165) is 0 Å². The Balaban J connectivity index is 2.25. The Labute approximate surface area is 133 Å². The van der Waals surface area contributed by atoms with Gasteiger partial charge < -0.3 is 0 Å². The van der Waals surface area contributed by atoms with E-state index in [4.69, 9.17) is 0 Å². The molecule has 0 saturated heterocycles. The van der Waals surface area contributed by atoms with Crippen molar-refractivity contribution in [3.8, 4) is 0 Å². The highest BCUT2D eigenvalue weighted by molar-refractivity contribution is 6.33. The van der Waals surface area contributed by atoms with E-state index in [9.17, 15) is 19.7 Å². The summed E-state index contributed by atoms with van der Waals surface area (Å²) in [6, 6.07) is 15.3. The van der Waals surface area contributed by atoms with Crippen molar-refractivity contribution in [1.29, 1.82) is 0 Å². The second kappa shape index (κ2) is 5.43. The Morgan fingerprint density at radius 1 is 0.957 bits per heavy atom. The summed E-state index contributed by atoms with van der Waals surface area (Å²) in [4.78, 5) is 36.8. The molecule has 2 aromatic rings. The van der Waals surface area contributed by atoms with E-state index in [1.807, 2.05) is 0 Å². The highest BCUT2D eigenvalue weighted by Crippen LogP contribution is 2.45. The second-order valence-corrected chi connectivity index (χ2v) is 5.79. The molecule has 0 aromatic heterocycles. The molecule has 0 aliphatic heterocycles. The zero-order valence-electron chi connectivity index (χ0n) is 12.6. The van der Waals surface area contributed by atoms with Gasteiger partial charge in [0.1, 0.15) is 5.41 Å². The van der Waals surface area contributed by atoms with Gasteiger partial charge in [0.05, 0.1) is 0 Å². The Hall–Kier alpha value is -2.82. The number of hydrogen-bond acceptors (Lipinski definition) is 4. The summed E-state index contributed by atoms with van der Waals surface area (Å²) in [5, 5.41) is 11.0. The third kappa shape index (κ3) is 2.08. The number of nitro groups is 1. The van der Waals surface area contributed by atoms with Gasteiger partial charge in [-0.2, -0.15) is 0 Å². The number of benzene rings is 2. The lowest BCUT2D eigenvalue weighted by molar-refractivity contribution is -0.488. The third-order valence-electron chi connectivity index (χ3n) is 4.52. The van der Waals surface area contributed by atoms with Crippen LogP contribution in [0.4, 0.5) is 0 Å². The largest absolute Gasteiger partial charge is 0.293 e. The minimum absolute atomic E-state index is 0.344. The lowest BCUT2D eigenvalue weighted by Gasteiger charge is -2.30. The standard InChI is InChI=1S/C18H15NO4/c1-12(11-19(22)23)18(13-7-3-2-4-8-13)16(20)14-9-5-6-10-15(14)17(18)21/h2-10,12H,11H2,1H3. The molecular formula is C18H15NO4. The number of fused-ring (bicyclic) bond motifs is 1. The van der Waals surface area contributed by atoms with Crippen LogP contribution in [0.25, 0.3) is 0 Å². The van der Waals surface area contributed by atoms with Crippen molar-refractivity contribution < 1.29 is 14.5 Å². The monoisotopic (exact) mass is 309 g/mol. The normalized spacial score (nSPS) is 16.9. The topological polar surface area (TPSA) is 77.3 Å². The third-order valence-corrected chi connectivity index (χ3v) is 4.52. The molecule has 0 radical (unpaired) electrons. The average molecular weight is 309 g/mol. The van der Waals surface area contributed by atoms with E-state index in [1.165, 1.54) is 0 Å². The fourth-order valence-electron chi connectivity index (χ4n) is 3.46. The summed E-state index contributed by atoms with van der Waals surface area (Å²) >= 11 is 0. The van der Waals surface area contributed by atoms with Gasteiger partial charge in [-0.3, -0.25) is 19.7 Å². The molecule has 0 spiro atoms. The Bertz CT molecular complexity index is 763. The zero-order valence-corrected chi connectivity index (χ0v) is 12.6. The fourth-order valence-corrected chi connectivity index (χ4v) is 3.46. The average Bonchev–Trinajstić information content (AvgIpc) is 2.77. The minimum atomic E-state index is -1.52. The summed E-state index contributed by atoms with van der Waals surface area (Å²) in [6.45, 7) is 1.15. The van der Waals surface area contributed by atoms with Gasteiger partial charge in [0.15, 0.2) is 11.6 Å². The van der Waals surface area contributed by atoms with Crippen molar-refractivity contribution in [3.63, 3.8) is 0 Å². The van der Waals surface area contributed by atoms with Crippen molar-refractivity contribution in [3.05, 3.63) is 81.4 Å². The molecular weight excluding hydrogens is 294 g/mol. The molecule has 5 heteroatoms. The minimum Gasteiger partial charge on any atom is -0.293 e. The van der Waals surface area contributed by atoms with Gasteiger partial charge in [-0.1, -0.05) is 61.5 Å². The maximum absolute atomic E-state index is 13.1. The number of carbonyl (C=O) groups excluding carboxylic acids is 2. The highest BCUT2D eigenvalue weighted by atomic mass is 16.6. The molecule has 0 amide bonds. The lowest BCUT2D eigenvalue weighted by atomic mass is 9.67. The van der Waals surface area contributed by atoms with Gasteiger partial charge in [-0.05, 0) is 5.56 Å². The van der Waals surface area contributed by atoms with Crippen LogP contribution >= 0.6 is 0 Å². The van der Waals surface area contributed by atoms with Crippen LogP contribution in [0, 0.1) is 16.0 Å². The van der Waals surface area contributed by atoms with Crippen molar-refractivity contribution in [2.75, 3.05) is 6.54 Å². The van der Waals surface area contributed by atoms with Crippen LogP contribution in [0.15, 0.2) is 54.6 Å². The molecule has 2 aromatic carbocycles. The maximum Gasteiger partial charge on any atom is 0.208 e. The predicted molar refractivity (Wildman–Crippen MR) is 84.2 cm³/mol. The van der Waals surface area contributed by atoms with Gasteiger partial charge in [-0.15, -0.1) is 0 Å². The molecule has 0 saturated carbocycles. The smallest absolute Gasteiger partial charge is 0.208 e. The maximum atomic E-state index is 13.1. The van der Waals surface area contributed by atoms with Gasteiger partial charge in [0.25, 0.3) is 0 Å². The van der Waals surface area contributed by atoms with E-state index in [2.05, 4.69) is 0 Å². The SMILES string of the molecule is CC(C[N+](=O)[O-])C1(c2ccccc2)C(=O)c2ccccc2C1=O. The molecule has 3 rings (SSSR count). The van der Waals surface area contributed by atoms with Crippen LogP contribution in [-0.4, -0.2) is 23.0 Å². The molecule has 116 valence electrons. The summed E-state index contributed by atoms with van der Waals surface area (Å²) in [7, 11) is 0. The van der Waals surface area contributed by atoms with Crippen LogP contribution in [0.3, 0.4) is 0 Å². The summed E-state index contributed by atoms with van der Waals surface area (Å²) < 4.78 is 0. The number of rotatable bonds is 4. The first-order valence-corrected chi connectivity index (χ1v) is 7.35. The van der Waals surface area contributed by atoms with E-state index >= 15 is 0 Å². The molecule has 1 aliphatic carbocycles. The first kappa shape index (κ1) is 15.1. The molecule has 0 N–H and O–H groups in total. The molecule has 1 atom stereocenters. The first-order chi connectivity index (χ1) is 11.0. The molecule has 23 heavy (non-hydrogen) atoms. The quantitative estimate of drug-likeness (QED) is 0.494. The van der Waals surface area contributed by atoms with Crippen LogP contribution in [0.1, 0.15) is 33.2 Å². The predicted octanol–water partition coefficient (Wildman–Crippen LogP) is 2.92. The second-order valence-electron chi connectivity index (χ2n) is 5.79. The molecule has 0 fully saturated rings. The molecule has 0 heterocycles. The van der Waals surface area contributed by atoms with Gasteiger partial charge in [-0.25, -0.2) is 0 Å². The van der Waals surface area contributed by atoms with E-state index in [-0.39, 0.29) is 11.6 Å². The molecule has 0 bridgehead atoms. The van der Waals surface area contributed by atoms with E-state index in [1.54, 1.807) is 61.5 Å². The number of carbonyl (C=O) groups is 2. The van der Waals surface area contributed by atoms with Crippen molar-refractivity contribution in [2.24, 2.45) is 5.92 Å². The fraction of sp³-hybridized carbons (Fsp3) is 0.222. The highest BCUT2D eigenvalue weighted by Gasteiger charge is 2.58. The number of nitrogens with zero attached hydrogens (tertiary/aromatic N) is 1. The van der Waals surface area contributed by atoms with Crippen molar-refractivity contribution >= 4 is 11.6 Å². The molecule has 1 unspecified atom stereocenters. The van der Waals surface area contributed by atoms with E-state index < -0.39 is 22.8 Å². The number of Topliss-reactive ketones (excluding diaryl/α,β-unsaturated/α-hetero) is 2. The van der Waals surface area contributed by atoms with E-state index in [0.29, 0.717) is 16.7 Å². The van der Waals surface area contributed by atoms with Gasteiger partial charge >= 0.3 is 0 Å². The van der Waals surface area contributed by atoms with Crippen LogP contribution < -0.4 is 0 Å². The first-order valence-electron chi connectivity index (χ1n) is 7.35. The van der Waals surface area contributed by atoms with Crippen molar-refractivity contribution in [2.45, 2.75) is 12.3 Å².